The summed E-state index contributed by atoms with van der Waals surface area (Å²) in [5.74, 6) is -0.952. The lowest BCUT2D eigenvalue weighted by atomic mass is 10.1. The highest BCUT2D eigenvalue weighted by Crippen LogP contribution is 2.29. The third-order valence-corrected chi connectivity index (χ3v) is 4.38. The maximum absolute atomic E-state index is 12.7. The number of rotatable bonds is 4. The molecule has 0 aliphatic heterocycles. The Morgan fingerprint density at radius 2 is 1.84 bits per heavy atom. The molecule has 0 saturated carbocycles. The molecule has 1 amide bonds. The van der Waals surface area contributed by atoms with Crippen molar-refractivity contribution < 1.29 is 27.1 Å². The molecule has 0 spiro atoms. The number of carbonyl (C=O) groups is 1. The van der Waals surface area contributed by atoms with Crippen molar-refractivity contribution in [3.63, 3.8) is 0 Å². The smallest absolute Gasteiger partial charge is 0.322 e. The molecule has 0 aliphatic carbocycles. The molecule has 132 valence electrons. The van der Waals surface area contributed by atoms with E-state index >= 15 is 0 Å². The van der Waals surface area contributed by atoms with E-state index in [1.165, 1.54) is 31.2 Å². The number of nitro groups is 1. The van der Waals surface area contributed by atoms with E-state index in [0.717, 1.165) is 18.2 Å². The van der Waals surface area contributed by atoms with Crippen LogP contribution in [0.3, 0.4) is 0 Å². The van der Waals surface area contributed by atoms with Gasteiger partial charge in [-0.1, -0.05) is 18.2 Å². The van der Waals surface area contributed by atoms with Crippen molar-refractivity contribution in [1.29, 1.82) is 0 Å². The van der Waals surface area contributed by atoms with Crippen LogP contribution < -0.4 is 5.32 Å². The summed E-state index contributed by atoms with van der Waals surface area (Å²) in [5, 5.41) is 13.2. The summed E-state index contributed by atoms with van der Waals surface area (Å²) in [6.45, 7) is 1.51. The molecule has 10 heteroatoms. The Labute approximate surface area is 142 Å². The number of nitro benzene ring substituents is 1. The van der Waals surface area contributed by atoms with Gasteiger partial charge in [-0.2, -0.15) is 13.2 Å². The van der Waals surface area contributed by atoms with Crippen molar-refractivity contribution in [2.24, 2.45) is 0 Å². The van der Waals surface area contributed by atoms with Crippen LogP contribution in [0.25, 0.3) is 0 Å². The largest absolute Gasteiger partial charge is 0.475 e. The maximum atomic E-state index is 12.7. The van der Waals surface area contributed by atoms with E-state index in [2.05, 4.69) is 5.32 Å². The molecule has 0 saturated heterocycles. The van der Waals surface area contributed by atoms with Gasteiger partial charge >= 0.3 is 5.51 Å². The minimum absolute atomic E-state index is 0.0369. The Balaban J connectivity index is 2.36. The predicted octanol–water partition coefficient (Wildman–Crippen LogP) is 3.78. The number of hydrogen-bond acceptors (Lipinski definition) is 4. The first-order chi connectivity index (χ1) is 11.6. The molecular formula is C15H11F3N2O4S. The zero-order valence-electron chi connectivity index (χ0n) is 12.7. The molecule has 0 bridgehead atoms. The maximum Gasteiger partial charge on any atom is 0.475 e. The summed E-state index contributed by atoms with van der Waals surface area (Å²) >= 11 is 0. The van der Waals surface area contributed by atoms with E-state index in [9.17, 15) is 32.3 Å². The van der Waals surface area contributed by atoms with Gasteiger partial charge in [-0.25, -0.2) is 4.21 Å². The van der Waals surface area contributed by atoms with E-state index in [1.807, 2.05) is 0 Å². The lowest BCUT2D eigenvalue weighted by Crippen LogP contribution is -2.21. The van der Waals surface area contributed by atoms with Crippen LogP contribution in [0.5, 0.6) is 0 Å². The summed E-state index contributed by atoms with van der Waals surface area (Å²) in [6.07, 6.45) is 0. The molecule has 0 fully saturated rings. The van der Waals surface area contributed by atoms with Crippen LogP contribution >= 0.6 is 0 Å². The number of nitrogens with one attached hydrogen (secondary N) is 1. The zero-order chi connectivity index (χ0) is 18.8. The number of amides is 1. The van der Waals surface area contributed by atoms with Gasteiger partial charge in [0.15, 0.2) is 10.8 Å². The molecule has 2 aromatic rings. The van der Waals surface area contributed by atoms with E-state index < -0.39 is 37.6 Å². The molecule has 0 aromatic heterocycles. The molecule has 2 aromatic carbocycles. The van der Waals surface area contributed by atoms with Crippen LogP contribution in [0.2, 0.25) is 0 Å². The molecule has 1 atom stereocenters. The number of benzene rings is 2. The second-order valence-corrected chi connectivity index (χ2v) is 6.36. The van der Waals surface area contributed by atoms with Gasteiger partial charge in [-0.3, -0.25) is 14.9 Å². The highest BCUT2D eigenvalue weighted by molar-refractivity contribution is 7.86. The van der Waals surface area contributed by atoms with Gasteiger partial charge in [0.25, 0.3) is 11.6 Å². The topological polar surface area (TPSA) is 89.3 Å². The Hall–Kier alpha value is -2.75. The standard InChI is InChI=1S/C15H11F3N2O4S/c1-9-6-7-10(8-12(9)20(22)23)19-14(21)11-4-2-3-5-13(11)25(24)15(16,17)18/h2-8H,1H3,(H,19,21). The lowest BCUT2D eigenvalue weighted by Gasteiger charge is -2.11. The quantitative estimate of drug-likeness (QED) is 0.653. The molecule has 2 rings (SSSR count). The minimum Gasteiger partial charge on any atom is -0.322 e. The second-order valence-electron chi connectivity index (χ2n) is 4.92. The summed E-state index contributed by atoms with van der Waals surface area (Å²) in [7, 11) is -3.38. The van der Waals surface area contributed by atoms with Crippen LogP contribution in [-0.4, -0.2) is 20.5 Å². The van der Waals surface area contributed by atoms with E-state index in [4.69, 9.17) is 0 Å². The average molecular weight is 372 g/mol. The molecule has 0 radical (unpaired) electrons. The number of alkyl halides is 3. The highest BCUT2D eigenvalue weighted by atomic mass is 32.2. The van der Waals surface area contributed by atoms with Gasteiger partial charge in [0.1, 0.15) is 0 Å². The third kappa shape index (κ3) is 4.21. The molecule has 6 nitrogen and oxygen atoms in total. The van der Waals surface area contributed by atoms with E-state index in [0.29, 0.717) is 5.56 Å². The molecular weight excluding hydrogens is 361 g/mol. The van der Waals surface area contributed by atoms with Gasteiger partial charge in [-0.15, -0.1) is 0 Å². The first-order valence-corrected chi connectivity index (χ1v) is 7.90. The van der Waals surface area contributed by atoms with Gasteiger partial charge in [-0.05, 0) is 25.1 Å². The minimum atomic E-state index is -5.01. The molecule has 25 heavy (non-hydrogen) atoms. The normalized spacial score (nSPS) is 12.5. The average Bonchev–Trinajstić information content (AvgIpc) is 2.54. The van der Waals surface area contributed by atoms with E-state index in [1.54, 1.807) is 0 Å². The highest BCUT2D eigenvalue weighted by Gasteiger charge is 2.39. The van der Waals surface area contributed by atoms with Gasteiger partial charge in [0, 0.05) is 17.3 Å². The summed E-state index contributed by atoms with van der Waals surface area (Å²) in [4.78, 5) is 21.8. The Morgan fingerprint density at radius 1 is 1.20 bits per heavy atom. The molecule has 0 heterocycles. The van der Waals surface area contributed by atoms with Crippen LogP contribution in [0.1, 0.15) is 15.9 Å². The van der Waals surface area contributed by atoms with Gasteiger partial charge in [0.05, 0.1) is 15.4 Å². The van der Waals surface area contributed by atoms with Crippen LogP contribution in [0.4, 0.5) is 24.5 Å². The summed E-state index contributed by atoms with van der Waals surface area (Å²) in [5.41, 5.74) is -5.29. The number of nitrogens with zero attached hydrogens (tertiary/aromatic N) is 1. The molecule has 1 N–H and O–H groups in total. The van der Waals surface area contributed by atoms with Crippen molar-refractivity contribution in [1.82, 2.24) is 0 Å². The van der Waals surface area contributed by atoms with Gasteiger partial charge in [0.2, 0.25) is 0 Å². The van der Waals surface area contributed by atoms with Crippen LogP contribution in [0.15, 0.2) is 47.4 Å². The zero-order valence-corrected chi connectivity index (χ0v) is 13.5. The Bertz CT molecular complexity index is 868. The van der Waals surface area contributed by atoms with Crippen LogP contribution in [0, 0.1) is 17.0 Å². The monoisotopic (exact) mass is 372 g/mol. The van der Waals surface area contributed by atoms with Gasteiger partial charge < -0.3 is 5.32 Å². The first kappa shape index (κ1) is 18.6. The second kappa shape index (κ2) is 7.01. The Morgan fingerprint density at radius 3 is 2.44 bits per heavy atom. The molecule has 1 unspecified atom stereocenters. The lowest BCUT2D eigenvalue weighted by molar-refractivity contribution is -0.385. The Kier molecular flexibility index (Phi) is 5.21. The third-order valence-electron chi connectivity index (χ3n) is 3.21. The van der Waals surface area contributed by atoms with Crippen molar-refractivity contribution in [2.45, 2.75) is 17.3 Å². The fourth-order valence-electron chi connectivity index (χ4n) is 2.02. The number of anilines is 1. The predicted molar refractivity (Wildman–Crippen MR) is 84.7 cm³/mol. The summed E-state index contributed by atoms with van der Waals surface area (Å²) in [6, 6.07) is 8.46. The van der Waals surface area contributed by atoms with Crippen molar-refractivity contribution in [3.8, 4) is 0 Å². The van der Waals surface area contributed by atoms with E-state index in [-0.39, 0.29) is 11.4 Å². The SMILES string of the molecule is Cc1ccc(NC(=O)c2ccccc2S(=O)C(F)(F)F)cc1[N+](=O)[O-]. The number of carbonyl (C=O) groups excluding carboxylic acids is 1. The summed E-state index contributed by atoms with van der Waals surface area (Å²) < 4.78 is 49.6. The number of aryl methyl sites for hydroxylation is 1. The fraction of sp³-hybridized carbons (Fsp3) is 0.133. The van der Waals surface area contributed by atoms with Crippen molar-refractivity contribution in [2.75, 3.05) is 5.32 Å². The number of hydrogen-bond donors (Lipinski definition) is 1. The van der Waals surface area contributed by atoms with Crippen molar-refractivity contribution in [3.05, 3.63) is 63.7 Å². The van der Waals surface area contributed by atoms with Crippen molar-refractivity contribution >= 4 is 28.1 Å². The fourth-order valence-corrected chi connectivity index (χ4v) is 2.83. The molecule has 0 aliphatic rings. The first-order valence-electron chi connectivity index (χ1n) is 6.75. The number of halogens is 3. The van der Waals surface area contributed by atoms with Crippen LogP contribution in [-0.2, 0) is 10.8 Å².